The number of aromatic amines is 1. The topological polar surface area (TPSA) is 102 Å². The summed E-state index contributed by atoms with van der Waals surface area (Å²) in [6.45, 7) is 0.603. The van der Waals surface area contributed by atoms with E-state index in [0.29, 0.717) is 34.7 Å². The lowest BCUT2D eigenvalue weighted by atomic mass is 10.00. The summed E-state index contributed by atoms with van der Waals surface area (Å²) in [5.74, 6) is 0.317. The van der Waals surface area contributed by atoms with Crippen LogP contribution < -0.4 is 4.74 Å². The molecule has 8 nitrogen and oxygen atoms in total. The van der Waals surface area contributed by atoms with Crippen LogP contribution in [0, 0.1) is 0 Å². The van der Waals surface area contributed by atoms with Crippen LogP contribution in [0.5, 0.6) is 6.01 Å². The largest absolute Gasteiger partial charge is 0.456 e. The molecular formula is C21H21ClN4O4. The maximum atomic E-state index is 9.88. The lowest BCUT2D eigenvalue weighted by Gasteiger charge is -2.15. The number of nitrogens with one attached hydrogen (secondary N) is 1. The Morgan fingerprint density at radius 2 is 2.13 bits per heavy atom. The Bertz CT molecular complexity index is 1110. The molecule has 0 radical (unpaired) electrons. The molecule has 0 unspecified atom stereocenters. The van der Waals surface area contributed by atoms with Crippen LogP contribution >= 0.6 is 11.6 Å². The van der Waals surface area contributed by atoms with Crippen molar-refractivity contribution in [3.63, 3.8) is 0 Å². The fraction of sp³-hybridized carbons (Fsp3) is 0.476. The second-order valence-electron chi connectivity index (χ2n) is 8.14. The molecule has 3 aromatic rings. The lowest BCUT2D eigenvalue weighted by molar-refractivity contribution is 0.00706. The van der Waals surface area contributed by atoms with Crippen LogP contribution in [0.2, 0.25) is 5.02 Å². The van der Waals surface area contributed by atoms with E-state index < -0.39 is 6.10 Å². The van der Waals surface area contributed by atoms with Gasteiger partial charge in [0.1, 0.15) is 18.3 Å². The number of aliphatic hydroxyl groups excluding tert-OH is 1. The maximum Gasteiger partial charge on any atom is 0.296 e. The van der Waals surface area contributed by atoms with Crippen molar-refractivity contribution in [2.24, 2.45) is 0 Å². The van der Waals surface area contributed by atoms with Gasteiger partial charge in [-0.15, -0.1) is 0 Å². The number of pyridine rings is 2. The highest BCUT2D eigenvalue weighted by molar-refractivity contribution is 6.31. The third-order valence-corrected chi connectivity index (χ3v) is 6.56. The molecule has 2 saturated heterocycles. The number of rotatable bonds is 4. The van der Waals surface area contributed by atoms with Gasteiger partial charge in [0, 0.05) is 17.8 Å². The summed E-state index contributed by atoms with van der Waals surface area (Å²) in [6, 6.07) is 6.32. The van der Waals surface area contributed by atoms with Gasteiger partial charge in [-0.2, -0.15) is 4.98 Å². The van der Waals surface area contributed by atoms with E-state index in [9.17, 15) is 5.11 Å². The monoisotopic (exact) mass is 428 g/mol. The Hall–Kier alpha value is -2.26. The first kappa shape index (κ1) is 18.5. The average Bonchev–Trinajstić information content (AvgIpc) is 3.49. The fourth-order valence-corrected chi connectivity index (χ4v) is 4.98. The second kappa shape index (κ2) is 7.16. The Kier molecular flexibility index (Phi) is 4.42. The number of imidazole rings is 1. The number of aromatic nitrogens is 4. The third kappa shape index (κ3) is 3.06. The predicted octanol–water partition coefficient (Wildman–Crippen LogP) is 2.18. The van der Waals surface area contributed by atoms with Crippen molar-refractivity contribution < 1.29 is 19.3 Å². The molecule has 2 N–H and O–H groups in total. The molecule has 5 atom stereocenters. The second-order valence-corrected chi connectivity index (χ2v) is 8.54. The van der Waals surface area contributed by atoms with Crippen molar-refractivity contribution in [2.75, 3.05) is 13.2 Å². The van der Waals surface area contributed by atoms with Gasteiger partial charge in [0.15, 0.2) is 11.8 Å². The highest BCUT2D eigenvalue weighted by Gasteiger charge is 2.48. The zero-order valence-corrected chi connectivity index (χ0v) is 16.9. The summed E-state index contributed by atoms with van der Waals surface area (Å²) >= 11 is 6.54. The van der Waals surface area contributed by atoms with Crippen molar-refractivity contribution in [1.82, 2.24) is 19.9 Å². The van der Waals surface area contributed by atoms with Crippen LogP contribution in [0.25, 0.3) is 11.2 Å². The van der Waals surface area contributed by atoms with Gasteiger partial charge in [-0.05, 0) is 37.0 Å². The van der Waals surface area contributed by atoms with E-state index in [1.807, 2.05) is 18.3 Å². The summed E-state index contributed by atoms with van der Waals surface area (Å²) < 4.78 is 17.2. The van der Waals surface area contributed by atoms with Gasteiger partial charge in [-0.3, -0.25) is 4.98 Å². The van der Waals surface area contributed by atoms with E-state index in [4.69, 9.17) is 30.8 Å². The van der Waals surface area contributed by atoms with Crippen LogP contribution in [0.3, 0.4) is 0 Å². The fourth-order valence-electron chi connectivity index (χ4n) is 4.75. The minimum Gasteiger partial charge on any atom is -0.456 e. The van der Waals surface area contributed by atoms with Crippen LogP contribution in [0.15, 0.2) is 24.4 Å². The molecule has 156 valence electrons. The van der Waals surface area contributed by atoms with Crippen molar-refractivity contribution in [3.05, 3.63) is 46.4 Å². The maximum absolute atomic E-state index is 9.88. The number of halogens is 1. The Morgan fingerprint density at radius 1 is 1.23 bits per heavy atom. The molecule has 0 bridgehead atoms. The van der Waals surface area contributed by atoms with Gasteiger partial charge >= 0.3 is 0 Å². The molecule has 6 rings (SSSR count). The summed E-state index contributed by atoms with van der Waals surface area (Å²) in [4.78, 5) is 16.9. The van der Waals surface area contributed by atoms with E-state index in [2.05, 4.69) is 21.0 Å². The number of hydrogen-bond acceptors (Lipinski definition) is 7. The number of fused-ring (bicyclic) bond motifs is 3. The first-order valence-corrected chi connectivity index (χ1v) is 10.6. The summed E-state index contributed by atoms with van der Waals surface area (Å²) in [5.41, 5.74) is 4.55. The standard InChI is InChI=1S/C21H21ClN4O4/c22-12-7-14-20(24-13(12)6-11-4-3-10-2-1-5-23-17(10)11)26-21(25-14)30-16-9-29-18-15(27)8-28-19(16)18/h1-2,5,7,11,15-16,18-19,27H,3-4,6,8-9H2,(H,24,25,26)/t11-,15-,16-,18-,19-/m1/s1. The van der Waals surface area contributed by atoms with E-state index in [0.717, 1.165) is 30.7 Å². The Balaban J connectivity index is 1.23. The molecule has 1 aliphatic carbocycles. The minimum atomic E-state index is -0.613. The molecule has 5 heterocycles. The molecule has 3 aliphatic rings. The SMILES string of the molecule is O[C@@H]1CO[C@H]2[C@@H]1OC[C@H]2Oc1nc2nc(C[C@H]3CCc4cccnc43)c(Cl)cc2[nH]1. The Morgan fingerprint density at radius 3 is 3.07 bits per heavy atom. The smallest absolute Gasteiger partial charge is 0.296 e. The zero-order chi connectivity index (χ0) is 20.2. The van der Waals surface area contributed by atoms with Crippen molar-refractivity contribution in [2.45, 2.75) is 49.6 Å². The summed E-state index contributed by atoms with van der Waals surface area (Å²) in [6.07, 6.45) is 3.08. The van der Waals surface area contributed by atoms with Gasteiger partial charge in [-0.1, -0.05) is 17.7 Å². The van der Waals surface area contributed by atoms with Crippen molar-refractivity contribution >= 4 is 22.8 Å². The number of nitrogens with zero attached hydrogens (tertiary/aromatic N) is 3. The predicted molar refractivity (Wildman–Crippen MR) is 108 cm³/mol. The quantitative estimate of drug-likeness (QED) is 0.656. The normalized spacial score (nSPS) is 30.0. The van der Waals surface area contributed by atoms with E-state index in [1.54, 1.807) is 0 Å². The van der Waals surface area contributed by atoms with Crippen molar-refractivity contribution in [3.8, 4) is 6.01 Å². The van der Waals surface area contributed by atoms with Gasteiger partial charge in [0.25, 0.3) is 6.01 Å². The van der Waals surface area contributed by atoms with Gasteiger partial charge in [0.05, 0.1) is 29.4 Å². The first-order valence-electron chi connectivity index (χ1n) is 10.2. The van der Waals surface area contributed by atoms with Crippen LogP contribution in [0.1, 0.15) is 29.3 Å². The molecule has 9 heteroatoms. The van der Waals surface area contributed by atoms with E-state index in [-0.39, 0.29) is 24.9 Å². The highest BCUT2D eigenvalue weighted by Crippen LogP contribution is 2.35. The van der Waals surface area contributed by atoms with Crippen LogP contribution in [0.4, 0.5) is 0 Å². The molecular weight excluding hydrogens is 408 g/mol. The van der Waals surface area contributed by atoms with Gasteiger partial charge < -0.3 is 24.3 Å². The van der Waals surface area contributed by atoms with Gasteiger partial charge in [-0.25, -0.2) is 4.98 Å². The van der Waals surface area contributed by atoms with Crippen molar-refractivity contribution in [1.29, 1.82) is 0 Å². The van der Waals surface area contributed by atoms with E-state index >= 15 is 0 Å². The van der Waals surface area contributed by atoms with E-state index in [1.165, 1.54) is 5.56 Å². The molecule has 3 aromatic heterocycles. The minimum absolute atomic E-state index is 0.259. The third-order valence-electron chi connectivity index (χ3n) is 6.24. The number of aliphatic hydroxyl groups is 1. The molecule has 2 fully saturated rings. The van der Waals surface area contributed by atoms with Gasteiger partial charge in [0.2, 0.25) is 0 Å². The number of aryl methyl sites for hydroxylation is 1. The van der Waals surface area contributed by atoms with Crippen LogP contribution in [-0.4, -0.2) is 62.7 Å². The number of ether oxygens (including phenoxy) is 3. The summed E-state index contributed by atoms with van der Waals surface area (Å²) in [7, 11) is 0. The number of H-pyrrole nitrogens is 1. The molecule has 2 aliphatic heterocycles. The average molecular weight is 429 g/mol. The highest BCUT2D eigenvalue weighted by atomic mass is 35.5. The molecule has 0 aromatic carbocycles. The molecule has 30 heavy (non-hydrogen) atoms. The summed E-state index contributed by atoms with van der Waals surface area (Å²) in [5, 5.41) is 10.5. The molecule has 0 spiro atoms. The van der Waals surface area contributed by atoms with Crippen LogP contribution in [-0.2, 0) is 22.3 Å². The number of hydrogen-bond donors (Lipinski definition) is 2. The first-order chi connectivity index (χ1) is 14.7. The Labute approximate surface area is 177 Å². The zero-order valence-electron chi connectivity index (χ0n) is 16.1. The molecule has 0 saturated carbocycles. The lowest BCUT2D eigenvalue weighted by Crippen LogP contribution is -2.34. The molecule has 0 amide bonds.